The van der Waals surface area contributed by atoms with Crippen molar-refractivity contribution in [2.45, 2.75) is 44.1 Å². The molecule has 4 aromatic rings. The number of piperazine rings is 1. The second-order valence-electron chi connectivity index (χ2n) is 14.3. The first-order valence-electron chi connectivity index (χ1n) is 19.2. The van der Waals surface area contributed by atoms with E-state index in [1.165, 1.54) is 16.6 Å². The molecule has 3 aromatic carbocycles. The minimum atomic E-state index is -0.475. The molecule has 1 atom stereocenters. The van der Waals surface area contributed by atoms with Gasteiger partial charge in [0.05, 0.1) is 36.9 Å². The topological polar surface area (TPSA) is 138 Å². The Hall–Kier alpha value is -5.34. The van der Waals surface area contributed by atoms with Crippen LogP contribution in [0.5, 0.6) is 5.75 Å². The Morgan fingerprint density at radius 1 is 0.891 bits per heavy atom. The molecule has 0 aliphatic carbocycles. The zero-order valence-corrected chi connectivity index (χ0v) is 32.2. The third kappa shape index (κ3) is 10.1. The van der Waals surface area contributed by atoms with Gasteiger partial charge in [-0.05, 0) is 72.5 Å². The van der Waals surface area contributed by atoms with E-state index in [-0.39, 0.29) is 23.8 Å². The average Bonchev–Trinajstić information content (AvgIpc) is 3.78. The highest BCUT2D eigenvalue weighted by atomic mass is 16.5. The van der Waals surface area contributed by atoms with E-state index in [4.69, 9.17) is 9.47 Å². The molecule has 6 rings (SSSR count). The van der Waals surface area contributed by atoms with Gasteiger partial charge in [-0.2, -0.15) is 0 Å². The summed E-state index contributed by atoms with van der Waals surface area (Å²) in [7, 11) is 3.40. The van der Waals surface area contributed by atoms with Crippen LogP contribution >= 0.6 is 0 Å². The zero-order chi connectivity index (χ0) is 38.6. The fourth-order valence-electron chi connectivity index (χ4n) is 7.67. The minimum Gasteiger partial charge on any atom is -0.496 e. The van der Waals surface area contributed by atoms with Crippen LogP contribution in [0.1, 0.15) is 60.0 Å². The fourth-order valence-corrected chi connectivity index (χ4v) is 7.67. The number of aromatic nitrogens is 4. The van der Waals surface area contributed by atoms with E-state index >= 15 is 0 Å². The third-order valence-corrected chi connectivity index (χ3v) is 10.9. The van der Waals surface area contributed by atoms with Gasteiger partial charge in [-0.25, -0.2) is 9.48 Å². The molecule has 0 spiro atoms. The SMILES string of the molecule is CCOC(=O)CCN1CCN(C(=O)NC2(c3ccccc3)CCN(CCC(CN(C)C(=O)c3cc(-n4cnnn4)ccc3OC)c3ccccc3)CC2)CC1. The molecule has 1 aromatic heterocycles. The number of likely N-dealkylation sites (tertiary alicyclic amines) is 1. The lowest BCUT2D eigenvalue weighted by Crippen LogP contribution is -2.59. The normalized spacial score (nSPS) is 16.6. The van der Waals surface area contributed by atoms with E-state index in [1.807, 2.05) is 61.3 Å². The quantitative estimate of drug-likeness (QED) is 0.176. The number of esters is 1. The molecule has 1 N–H and O–H groups in total. The van der Waals surface area contributed by atoms with Crippen LogP contribution in [0, 0.1) is 0 Å². The number of benzene rings is 3. The van der Waals surface area contributed by atoms with Crippen molar-refractivity contribution in [3.8, 4) is 11.4 Å². The molecule has 1 unspecified atom stereocenters. The summed E-state index contributed by atoms with van der Waals surface area (Å²) in [6.07, 6.45) is 4.28. The van der Waals surface area contributed by atoms with Crippen molar-refractivity contribution < 1.29 is 23.9 Å². The van der Waals surface area contributed by atoms with E-state index in [2.05, 4.69) is 54.9 Å². The van der Waals surface area contributed by atoms with Gasteiger partial charge in [0.1, 0.15) is 12.1 Å². The van der Waals surface area contributed by atoms with Crippen molar-refractivity contribution >= 4 is 17.9 Å². The smallest absolute Gasteiger partial charge is 0.318 e. The first kappa shape index (κ1) is 39.4. The lowest BCUT2D eigenvalue weighted by atomic mass is 9.80. The molecule has 2 saturated heterocycles. The molecule has 14 nitrogen and oxygen atoms in total. The number of rotatable bonds is 15. The number of likely N-dealkylation sites (N-methyl/N-ethyl adjacent to an activating group) is 1. The standard InChI is InChI=1S/C41H53N9O5/c1-4-55-38(51)18-22-48-25-27-49(28-26-48)40(53)43-41(34-13-9-6-10-14-34)19-23-47(24-20-41)21-17-33(32-11-7-5-8-12-32)30-46(2)39(52)36-29-35(15-16-37(36)54-3)50-31-42-44-45-50/h5-16,29,31,33H,4,17-28,30H2,1-3H3,(H,43,53). The number of nitrogens with zero attached hydrogens (tertiary/aromatic N) is 8. The Kier molecular flexibility index (Phi) is 13.5. The number of hydrogen-bond donors (Lipinski definition) is 1. The Balaban J connectivity index is 1.08. The summed E-state index contributed by atoms with van der Waals surface area (Å²) < 4.78 is 12.2. The maximum atomic E-state index is 13.9. The number of nitrogens with one attached hydrogen (secondary N) is 1. The molecule has 0 bridgehead atoms. The third-order valence-electron chi connectivity index (χ3n) is 10.9. The van der Waals surface area contributed by atoms with Crippen LogP contribution in [0.2, 0.25) is 0 Å². The van der Waals surface area contributed by atoms with Crippen LogP contribution in [-0.2, 0) is 15.1 Å². The molecular weight excluding hydrogens is 699 g/mol. The molecule has 0 saturated carbocycles. The highest BCUT2D eigenvalue weighted by molar-refractivity contribution is 5.97. The number of carbonyl (C=O) groups excluding carboxylic acids is 3. The molecule has 55 heavy (non-hydrogen) atoms. The Morgan fingerprint density at radius 2 is 1.58 bits per heavy atom. The number of hydrogen-bond acceptors (Lipinski definition) is 10. The van der Waals surface area contributed by atoms with Gasteiger partial charge >= 0.3 is 12.0 Å². The number of tetrazole rings is 1. The number of amides is 3. The maximum Gasteiger partial charge on any atom is 0.318 e. The van der Waals surface area contributed by atoms with E-state index in [0.717, 1.165) is 57.5 Å². The summed E-state index contributed by atoms with van der Waals surface area (Å²) in [6, 6.07) is 26.0. The van der Waals surface area contributed by atoms with Crippen molar-refractivity contribution in [1.29, 1.82) is 0 Å². The van der Waals surface area contributed by atoms with Gasteiger partial charge in [0.15, 0.2) is 0 Å². The molecular formula is C41H53N9O5. The van der Waals surface area contributed by atoms with E-state index in [9.17, 15) is 14.4 Å². The molecule has 0 radical (unpaired) electrons. The minimum absolute atomic E-state index is 0.0423. The van der Waals surface area contributed by atoms with Gasteiger partial charge in [-0.1, -0.05) is 60.7 Å². The monoisotopic (exact) mass is 751 g/mol. The summed E-state index contributed by atoms with van der Waals surface area (Å²) >= 11 is 0. The summed E-state index contributed by atoms with van der Waals surface area (Å²) in [5, 5.41) is 14.9. The fraction of sp³-hybridized carbons (Fsp3) is 0.463. The summed E-state index contributed by atoms with van der Waals surface area (Å²) in [5.41, 5.74) is 2.94. The van der Waals surface area contributed by atoms with Crippen LogP contribution in [0.3, 0.4) is 0 Å². The Labute approximate surface area is 323 Å². The number of urea groups is 1. The van der Waals surface area contributed by atoms with Gasteiger partial charge in [-0.15, -0.1) is 5.10 Å². The summed E-state index contributed by atoms with van der Waals surface area (Å²) in [5.74, 6) is 0.256. The van der Waals surface area contributed by atoms with E-state index in [0.29, 0.717) is 56.2 Å². The lowest BCUT2D eigenvalue weighted by Gasteiger charge is -2.45. The number of methoxy groups -OCH3 is 1. The second kappa shape index (κ2) is 18.8. The predicted molar refractivity (Wildman–Crippen MR) is 208 cm³/mol. The van der Waals surface area contributed by atoms with Gasteiger partial charge in [0.25, 0.3) is 5.91 Å². The van der Waals surface area contributed by atoms with Crippen molar-refractivity contribution in [3.63, 3.8) is 0 Å². The Morgan fingerprint density at radius 3 is 2.24 bits per heavy atom. The summed E-state index contributed by atoms with van der Waals surface area (Å²) in [6.45, 7) is 8.55. The number of carbonyl (C=O) groups is 3. The van der Waals surface area contributed by atoms with Crippen LogP contribution in [0.15, 0.2) is 85.2 Å². The highest BCUT2D eigenvalue weighted by Crippen LogP contribution is 2.34. The van der Waals surface area contributed by atoms with E-state index < -0.39 is 5.54 Å². The average molecular weight is 752 g/mol. The van der Waals surface area contributed by atoms with Gasteiger partial charge in [-0.3, -0.25) is 14.5 Å². The molecule has 2 aliphatic rings. The van der Waals surface area contributed by atoms with Crippen molar-refractivity contribution in [3.05, 3.63) is 102 Å². The Bertz CT molecular complexity index is 1830. The second-order valence-corrected chi connectivity index (χ2v) is 14.3. The van der Waals surface area contributed by atoms with Crippen molar-refractivity contribution in [1.82, 2.24) is 45.1 Å². The van der Waals surface area contributed by atoms with Crippen LogP contribution in [0.4, 0.5) is 4.79 Å². The van der Waals surface area contributed by atoms with Crippen molar-refractivity contribution in [2.75, 3.05) is 79.7 Å². The molecule has 3 heterocycles. The van der Waals surface area contributed by atoms with Gasteiger partial charge in [0, 0.05) is 65.3 Å². The molecule has 292 valence electrons. The number of piperidine rings is 1. The number of ether oxygens (including phenoxy) is 2. The lowest BCUT2D eigenvalue weighted by molar-refractivity contribution is -0.143. The first-order chi connectivity index (χ1) is 26.8. The van der Waals surface area contributed by atoms with Gasteiger partial charge < -0.3 is 29.5 Å². The van der Waals surface area contributed by atoms with Gasteiger partial charge in [0.2, 0.25) is 0 Å². The first-order valence-corrected chi connectivity index (χ1v) is 19.2. The maximum absolute atomic E-state index is 13.9. The molecule has 2 fully saturated rings. The largest absolute Gasteiger partial charge is 0.496 e. The van der Waals surface area contributed by atoms with E-state index in [1.54, 1.807) is 24.1 Å². The molecule has 14 heteroatoms. The summed E-state index contributed by atoms with van der Waals surface area (Å²) in [4.78, 5) is 47.9. The van der Waals surface area contributed by atoms with Crippen LogP contribution in [-0.4, -0.2) is 137 Å². The van der Waals surface area contributed by atoms with Crippen LogP contribution in [0.25, 0.3) is 5.69 Å². The highest BCUT2D eigenvalue weighted by Gasteiger charge is 2.39. The molecule has 2 aliphatic heterocycles. The molecule has 3 amide bonds. The predicted octanol–water partition coefficient (Wildman–Crippen LogP) is 4.19. The van der Waals surface area contributed by atoms with Crippen LogP contribution < -0.4 is 10.1 Å². The zero-order valence-electron chi connectivity index (χ0n) is 32.2. The van der Waals surface area contributed by atoms with Crippen molar-refractivity contribution in [2.24, 2.45) is 0 Å².